The molecular formula is C20H19N3O5. The van der Waals surface area contributed by atoms with Crippen LogP contribution in [0.3, 0.4) is 0 Å². The van der Waals surface area contributed by atoms with E-state index in [2.05, 4.69) is 9.98 Å². The Morgan fingerprint density at radius 3 is 2.46 bits per heavy atom. The van der Waals surface area contributed by atoms with Gasteiger partial charge in [0.05, 0.1) is 26.5 Å². The van der Waals surface area contributed by atoms with Gasteiger partial charge in [-0.25, -0.2) is 9.36 Å². The molecule has 0 bridgehead atoms. The summed E-state index contributed by atoms with van der Waals surface area (Å²) in [5, 5.41) is 10.5. The molecule has 0 spiro atoms. The number of aromatic hydroxyl groups is 1. The van der Waals surface area contributed by atoms with E-state index < -0.39 is 17.1 Å². The summed E-state index contributed by atoms with van der Waals surface area (Å²) in [4.78, 5) is 30.7. The molecule has 1 aromatic heterocycles. The lowest BCUT2D eigenvalue weighted by Crippen LogP contribution is -2.31. The molecule has 3 aromatic rings. The third kappa shape index (κ3) is 3.96. The van der Waals surface area contributed by atoms with Crippen LogP contribution in [0.2, 0.25) is 0 Å². The summed E-state index contributed by atoms with van der Waals surface area (Å²) in [6, 6.07) is 13.8. The monoisotopic (exact) mass is 381 g/mol. The minimum Gasteiger partial charge on any atom is -0.497 e. The molecule has 0 atom stereocenters. The number of methoxy groups -OCH3 is 2. The van der Waals surface area contributed by atoms with E-state index in [-0.39, 0.29) is 5.56 Å². The van der Waals surface area contributed by atoms with E-state index in [0.717, 1.165) is 15.9 Å². The van der Waals surface area contributed by atoms with E-state index in [4.69, 9.17) is 9.47 Å². The summed E-state index contributed by atoms with van der Waals surface area (Å²) in [6.07, 6.45) is 1.24. The molecule has 0 unspecified atom stereocenters. The van der Waals surface area contributed by atoms with Gasteiger partial charge in [0.1, 0.15) is 17.1 Å². The van der Waals surface area contributed by atoms with Gasteiger partial charge >= 0.3 is 5.69 Å². The van der Waals surface area contributed by atoms with Crippen LogP contribution >= 0.6 is 0 Å². The number of hydrogen-bond acceptors (Lipinski definition) is 6. The van der Waals surface area contributed by atoms with Crippen LogP contribution in [0, 0.1) is 0 Å². The summed E-state index contributed by atoms with van der Waals surface area (Å²) in [5.41, 5.74) is -0.351. The highest BCUT2D eigenvalue weighted by Gasteiger charge is 2.14. The topological polar surface area (TPSA) is 106 Å². The number of hydrogen-bond donors (Lipinski definition) is 2. The summed E-state index contributed by atoms with van der Waals surface area (Å²) >= 11 is 0. The van der Waals surface area contributed by atoms with E-state index in [1.807, 2.05) is 12.1 Å². The van der Waals surface area contributed by atoms with Crippen molar-refractivity contribution in [2.45, 2.75) is 6.54 Å². The zero-order valence-corrected chi connectivity index (χ0v) is 15.4. The van der Waals surface area contributed by atoms with Crippen molar-refractivity contribution in [3.8, 4) is 23.1 Å². The zero-order chi connectivity index (χ0) is 20.1. The Morgan fingerprint density at radius 2 is 1.79 bits per heavy atom. The Bertz CT molecular complexity index is 1110. The lowest BCUT2D eigenvalue weighted by atomic mass is 10.2. The van der Waals surface area contributed by atoms with E-state index >= 15 is 0 Å². The zero-order valence-electron chi connectivity index (χ0n) is 15.4. The van der Waals surface area contributed by atoms with Crippen LogP contribution in [-0.2, 0) is 6.54 Å². The molecule has 2 N–H and O–H groups in total. The van der Waals surface area contributed by atoms with E-state index in [1.165, 1.54) is 13.3 Å². The molecule has 8 nitrogen and oxygen atoms in total. The molecule has 28 heavy (non-hydrogen) atoms. The van der Waals surface area contributed by atoms with Crippen molar-refractivity contribution >= 4 is 6.21 Å². The van der Waals surface area contributed by atoms with Crippen LogP contribution in [0.15, 0.2) is 63.1 Å². The fourth-order valence-electron chi connectivity index (χ4n) is 2.62. The molecule has 144 valence electrons. The number of aromatic amines is 1. The van der Waals surface area contributed by atoms with Crippen LogP contribution in [0.1, 0.15) is 11.1 Å². The molecule has 0 aliphatic rings. The molecule has 3 rings (SSSR count). The molecule has 1 heterocycles. The smallest absolute Gasteiger partial charge is 0.335 e. The lowest BCUT2D eigenvalue weighted by Gasteiger charge is -2.10. The van der Waals surface area contributed by atoms with Crippen LogP contribution in [0.4, 0.5) is 0 Å². The molecule has 0 aliphatic heterocycles. The number of nitrogens with zero attached hydrogens (tertiary/aromatic N) is 2. The number of rotatable bonds is 6. The van der Waals surface area contributed by atoms with Crippen molar-refractivity contribution in [3.05, 3.63) is 80.5 Å². The number of nitrogens with one attached hydrogen (secondary N) is 1. The Kier molecular flexibility index (Phi) is 5.59. The maximum atomic E-state index is 12.2. The van der Waals surface area contributed by atoms with Gasteiger partial charge in [0.2, 0.25) is 5.88 Å². The largest absolute Gasteiger partial charge is 0.497 e. The van der Waals surface area contributed by atoms with Crippen LogP contribution in [-0.4, -0.2) is 35.1 Å². The summed E-state index contributed by atoms with van der Waals surface area (Å²) in [7, 11) is 3.07. The van der Waals surface area contributed by atoms with Gasteiger partial charge in [-0.3, -0.25) is 14.8 Å². The van der Waals surface area contributed by atoms with Gasteiger partial charge in [-0.05, 0) is 29.8 Å². The lowest BCUT2D eigenvalue weighted by molar-refractivity contribution is 0.412. The van der Waals surface area contributed by atoms with Gasteiger partial charge in [-0.1, -0.05) is 18.2 Å². The Balaban J connectivity index is 1.94. The highest BCUT2D eigenvalue weighted by atomic mass is 16.5. The number of ether oxygens (including phenoxy) is 2. The Hall–Kier alpha value is -3.81. The number of aliphatic imine (C=N–C) groups is 1. The second-order valence-electron chi connectivity index (χ2n) is 5.85. The first-order valence-corrected chi connectivity index (χ1v) is 8.39. The predicted octanol–water partition coefficient (Wildman–Crippen LogP) is 1.87. The van der Waals surface area contributed by atoms with Gasteiger partial charge in [0.15, 0.2) is 0 Å². The van der Waals surface area contributed by atoms with E-state index in [0.29, 0.717) is 18.0 Å². The Labute approximate surface area is 160 Å². The maximum absolute atomic E-state index is 12.2. The van der Waals surface area contributed by atoms with Crippen molar-refractivity contribution in [2.75, 3.05) is 14.2 Å². The summed E-state index contributed by atoms with van der Waals surface area (Å²) < 4.78 is 11.2. The highest BCUT2D eigenvalue weighted by Crippen LogP contribution is 2.20. The summed E-state index contributed by atoms with van der Waals surface area (Å²) in [6.45, 7) is 0.293. The fraction of sp³-hybridized carbons (Fsp3) is 0.150. The summed E-state index contributed by atoms with van der Waals surface area (Å²) in [5.74, 6) is 0.734. The van der Waals surface area contributed by atoms with Crippen LogP contribution < -0.4 is 20.7 Å². The molecule has 0 fully saturated rings. The SMILES string of the molecule is COc1ccc(CN=Cc2c(O)n(-c3cccc(OC)c3)c(=O)[nH]c2=O)cc1. The van der Waals surface area contributed by atoms with Gasteiger partial charge in [-0.2, -0.15) is 0 Å². The van der Waals surface area contributed by atoms with Gasteiger partial charge < -0.3 is 14.6 Å². The first-order chi connectivity index (χ1) is 13.5. The first kappa shape index (κ1) is 19.0. The molecule has 0 saturated carbocycles. The average molecular weight is 381 g/mol. The molecule has 2 aromatic carbocycles. The van der Waals surface area contributed by atoms with E-state index in [1.54, 1.807) is 43.5 Å². The highest BCUT2D eigenvalue weighted by molar-refractivity contribution is 5.82. The number of H-pyrrole nitrogens is 1. The molecule has 0 radical (unpaired) electrons. The third-order valence-electron chi connectivity index (χ3n) is 4.09. The minimum absolute atomic E-state index is 0.115. The fourth-order valence-corrected chi connectivity index (χ4v) is 2.62. The molecule has 0 aliphatic carbocycles. The van der Waals surface area contributed by atoms with Crippen molar-refractivity contribution in [1.29, 1.82) is 0 Å². The molecular weight excluding hydrogens is 362 g/mol. The molecule has 0 amide bonds. The van der Waals surface area contributed by atoms with Crippen molar-refractivity contribution in [3.63, 3.8) is 0 Å². The standard InChI is InChI=1S/C20H19N3O5/c1-27-15-8-6-13(7-9-15)11-21-12-17-18(24)22-20(26)23(19(17)25)14-4-3-5-16(10-14)28-2/h3-10,12,25H,11H2,1-2H3,(H,22,24,26). The maximum Gasteiger partial charge on any atom is 0.335 e. The predicted molar refractivity (Wildman–Crippen MR) is 105 cm³/mol. The van der Waals surface area contributed by atoms with Crippen molar-refractivity contribution < 1.29 is 14.6 Å². The van der Waals surface area contributed by atoms with Crippen molar-refractivity contribution in [2.24, 2.45) is 4.99 Å². The Morgan fingerprint density at radius 1 is 1.07 bits per heavy atom. The molecule has 8 heteroatoms. The third-order valence-corrected chi connectivity index (χ3v) is 4.09. The number of aromatic nitrogens is 2. The van der Waals surface area contributed by atoms with E-state index in [9.17, 15) is 14.7 Å². The minimum atomic E-state index is -0.761. The van der Waals surface area contributed by atoms with Gasteiger partial charge in [0, 0.05) is 12.3 Å². The van der Waals surface area contributed by atoms with Gasteiger partial charge in [-0.15, -0.1) is 0 Å². The quantitative estimate of drug-likeness (QED) is 0.634. The normalized spacial score (nSPS) is 10.9. The van der Waals surface area contributed by atoms with Gasteiger partial charge in [0.25, 0.3) is 5.56 Å². The van der Waals surface area contributed by atoms with Crippen molar-refractivity contribution in [1.82, 2.24) is 9.55 Å². The average Bonchev–Trinajstić information content (AvgIpc) is 2.71. The van der Waals surface area contributed by atoms with Crippen LogP contribution in [0.5, 0.6) is 17.4 Å². The first-order valence-electron chi connectivity index (χ1n) is 8.39. The second kappa shape index (κ2) is 8.26. The molecule has 0 saturated heterocycles. The number of benzene rings is 2. The van der Waals surface area contributed by atoms with Crippen LogP contribution in [0.25, 0.3) is 5.69 Å². The second-order valence-corrected chi connectivity index (χ2v) is 5.85.